The number of benzene rings is 3. The third kappa shape index (κ3) is 6.71. The van der Waals surface area contributed by atoms with Crippen LogP contribution in [0.25, 0.3) is 6.08 Å². The number of carbonyl (C=O) groups excluding carboxylic acids is 1. The highest BCUT2D eigenvalue weighted by atomic mass is 127. The van der Waals surface area contributed by atoms with Crippen molar-refractivity contribution in [1.29, 1.82) is 5.26 Å². The molecule has 0 aliphatic rings. The van der Waals surface area contributed by atoms with Gasteiger partial charge in [-0.15, -0.1) is 0 Å². The average Bonchev–Trinajstić information content (AvgIpc) is 2.75. The first kappa shape index (κ1) is 23.6. The normalized spacial score (nSPS) is 11.0. The summed E-state index contributed by atoms with van der Waals surface area (Å²) in [6.07, 6.45) is 1.50. The lowest BCUT2D eigenvalue weighted by molar-refractivity contribution is -0.112. The topological polar surface area (TPSA) is 62.1 Å². The fourth-order valence-electron chi connectivity index (χ4n) is 2.55. The van der Waals surface area contributed by atoms with Crippen LogP contribution in [0.5, 0.6) is 5.75 Å². The van der Waals surface area contributed by atoms with Gasteiger partial charge in [-0.2, -0.15) is 5.26 Å². The molecule has 3 aromatic rings. The summed E-state index contributed by atoms with van der Waals surface area (Å²) < 4.78 is 7.74. The number of carbonyl (C=O) groups is 1. The summed E-state index contributed by atoms with van der Waals surface area (Å²) in [7, 11) is 0. The fourth-order valence-corrected chi connectivity index (χ4v) is 3.72. The molecule has 0 saturated heterocycles. The Labute approximate surface area is 212 Å². The maximum atomic E-state index is 12.5. The van der Waals surface area contributed by atoms with Crippen LogP contribution in [0.2, 0.25) is 10.0 Å². The number of amides is 1. The van der Waals surface area contributed by atoms with Crippen molar-refractivity contribution >= 4 is 79.4 Å². The minimum absolute atomic E-state index is 0.0504. The molecule has 0 fully saturated rings. The molecule has 8 heteroatoms. The SMILES string of the molecule is N#C/C(=C\c1ccc(OCc2ccc(I)cc2)c(Br)c1)C(=O)Nc1ccc(Cl)c(Cl)c1. The second-order valence-electron chi connectivity index (χ2n) is 6.36. The Hall–Kier alpha value is -2.05. The Balaban J connectivity index is 1.70. The van der Waals surface area contributed by atoms with E-state index in [2.05, 4.69) is 43.8 Å². The highest BCUT2D eigenvalue weighted by Crippen LogP contribution is 2.28. The first-order valence-electron chi connectivity index (χ1n) is 8.90. The molecule has 1 N–H and O–H groups in total. The molecular weight excluding hydrogens is 614 g/mol. The van der Waals surface area contributed by atoms with Crippen molar-refractivity contribution < 1.29 is 9.53 Å². The Kier molecular flexibility index (Phi) is 8.38. The molecule has 0 saturated carbocycles. The molecule has 0 heterocycles. The molecule has 1 amide bonds. The fraction of sp³-hybridized carbons (Fsp3) is 0.0435. The van der Waals surface area contributed by atoms with Gasteiger partial charge in [0.15, 0.2) is 0 Å². The molecule has 0 aliphatic heterocycles. The van der Waals surface area contributed by atoms with Gasteiger partial charge in [-0.25, -0.2) is 0 Å². The summed E-state index contributed by atoms with van der Waals surface area (Å²) in [6.45, 7) is 0.431. The van der Waals surface area contributed by atoms with E-state index in [9.17, 15) is 10.1 Å². The van der Waals surface area contributed by atoms with Gasteiger partial charge in [0, 0.05) is 9.26 Å². The van der Waals surface area contributed by atoms with Crippen LogP contribution in [-0.2, 0) is 11.4 Å². The standard InChI is InChI=1S/C23H14BrCl2IN2O2/c24-19-10-15(3-8-22(19)31-13-14-1-4-17(27)5-2-14)9-16(12-28)23(30)29-18-6-7-20(25)21(26)11-18/h1-11H,13H2,(H,29,30)/b16-9+. The summed E-state index contributed by atoms with van der Waals surface area (Å²) in [5.41, 5.74) is 2.13. The first-order valence-corrected chi connectivity index (χ1v) is 11.5. The van der Waals surface area contributed by atoms with Crippen molar-refractivity contribution in [3.63, 3.8) is 0 Å². The summed E-state index contributed by atoms with van der Waals surface area (Å²) in [5, 5.41) is 12.8. The van der Waals surface area contributed by atoms with Crippen LogP contribution in [0.4, 0.5) is 5.69 Å². The quantitative estimate of drug-likeness (QED) is 0.175. The van der Waals surface area contributed by atoms with Crippen molar-refractivity contribution in [3.05, 3.63) is 95.5 Å². The van der Waals surface area contributed by atoms with Crippen LogP contribution in [0.3, 0.4) is 0 Å². The third-order valence-electron chi connectivity index (χ3n) is 4.12. The molecule has 3 rings (SSSR count). The highest BCUT2D eigenvalue weighted by Gasteiger charge is 2.11. The van der Waals surface area contributed by atoms with Gasteiger partial charge >= 0.3 is 0 Å². The lowest BCUT2D eigenvalue weighted by Crippen LogP contribution is -2.13. The first-order chi connectivity index (χ1) is 14.9. The van der Waals surface area contributed by atoms with Crippen molar-refractivity contribution in [2.75, 3.05) is 5.32 Å². The van der Waals surface area contributed by atoms with Crippen LogP contribution in [-0.4, -0.2) is 5.91 Å². The van der Waals surface area contributed by atoms with Crippen LogP contribution >= 0.6 is 61.7 Å². The second kappa shape index (κ2) is 11.0. The summed E-state index contributed by atoms with van der Waals surface area (Å²) in [5.74, 6) is 0.116. The summed E-state index contributed by atoms with van der Waals surface area (Å²) in [4.78, 5) is 12.5. The minimum Gasteiger partial charge on any atom is -0.488 e. The van der Waals surface area contributed by atoms with Gasteiger partial charge < -0.3 is 10.1 Å². The molecule has 156 valence electrons. The third-order valence-corrected chi connectivity index (χ3v) is 6.19. The van der Waals surface area contributed by atoms with Gasteiger partial charge in [0.05, 0.1) is 14.5 Å². The van der Waals surface area contributed by atoms with Gasteiger partial charge in [0.2, 0.25) is 0 Å². The molecule has 0 aliphatic carbocycles. The van der Waals surface area contributed by atoms with E-state index in [1.54, 1.807) is 30.3 Å². The zero-order valence-corrected chi connectivity index (χ0v) is 21.1. The monoisotopic (exact) mass is 626 g/mol. The van der Waals surface area contributed by atoms with E-state index < -0.39 is 5.91 Å². The number of ether oxygens (including phenoxy) is 1. The van der Waals surface area contributed by atoms with E-state index >= 15 is 0 Å². The number of halogens is 4. The maximum absolute atomic E-state index is 12.5. The second-order valence-corrected chi connectivity index (χ2v) is 9.27. The van der Waals surface area contributed by atoms with E-state index in [0.29, 0.717) is 38.1 Å². The van der Waals surface area contributed by atoms with Gasteiger partial charge in [0.25, 0.3) is 5.91 Å². The number of nitrogens with one attached hydrogen (secondary N) is 1. The number of nitriles is 1. The Morgan fingerprint density at radius 3 is 2.48 bits per heavy atom. The zero-order valence-electron chi connectivity index (χ0n) is 15.8. The van der Waals surface area contributed by atoms with E-state index in [4.69, 9.17) is 27.9 Å². The van der Waals surface area contributed by atoms with Gasteiger partial charge in [-0.1, -0.05) is 41.4 Å². The van der Waals surface area contributed by atoms with Crippen molar-refractivity contribution in [2.45, 2.75) is 6.61 Å². The average molecular weight is 628 g/mol. The molecule has 0 aromatic heterocycles. The van der Waals surface area contributed by atoms with Crippen molar-refractivity contribution in [1.82, 2.24) is 0 Å². The van der Waals surface area contributed by atoms with Crippen LogP contribution in [0.15, 0.2) is 70.7 Å². The number of nitrogens with zero attached hydrogens (tertiary/aromatic N) is 1. The highest BCUT2D eigenvalue weighted by molar-refractivity contribution is 14.1. The lowest BCUT2D eigenvalue weighted by Gasteiger charge is -2.09. The Morgan fingerprint density at radius 1 is 1.10 bits per heavy atom. The van der Waals surface area contributed by atoms with E-state index in [0.717, 1.165) is 9.13 Å². The molecule has 0 radical (unpaired) electrons. The molecule has 0 unspecified atom stereocenters. The maximum Gasteiger partial charge on any atom is 0.266 e. The molecule has 4 nitrogen and oxygen atoms in total. The molecule has 0 bridgehead atoms. The van der Waals surface area contributed by atoms with Gasteiger partial charge in [-0.05, 0) is 98.2 Å². The Bertz CT molecular complexity index is 1190. The molecule has 0 atom stereocenters. The molecular formula is C23H14BrCl2IN2O2. The molecule has 31 heavy (non-hydrogen) atoms. The minimum atomic E-state index is -0.545. The Morgan fingerprint density at radius 2 is 1.84 bits per heavy atom. The van der Waals surface area contributed by atoms with Crippen LogP contribution in [0.1, 0.15) is 11.1 Å². The van der Waals surface area contributed by atoms with Crippen LogP contribution < -0.4 is 10.1 Å². The predicted octanol–water partition coefficient (Wildman–Crippen LogP) is 7.49. The van der Waals surface area contributed by atoms with E-state index in [-0.39, 0.29) is 5.57 Å². The number of anilines is 1. The molecule has 3 aromatic carbocycles. The lowest BCUT2D eigenvalue weighted by atomic mass is 10.1. The summed E-state index contributed by atoms with van der Waals surface area (Å²) >= 11 is 17.6. The largest absolute Gasteiger partial charge is 0.488 e. The summed E-state index contributed by atoms with van der Waals surface area (Å²) in [6, 6.07) is 20.0. The van der Waals surface area contributed by atoms with E-state index in [1.165, 1.54) is 12.1 Å². The smallest absolute Gasteiger partial charge is 0.266 e. The number of hydrogen-bond donors (Lipinski definition) is 1. The number of hydrogen-bond acceptors (Lipinski definition) is 3. The van der Waals surface area contributed by atoms with Crippen molar-refractivity contribution in [3.8, 4) is 11.8 Å². The van der Waals surface area contributed by atoms with Gasteiger partial charge in [-0.3, -0.25) is 4.79 Å². The molecule has 0 spiro atoms. The van der Waals surface area contributed by atoms with E-state index in [1.807, 2.05) is 30.3 Å². The number of rotatable bonds is 6. The van der Waals surface area contributed by atoms with Crippen LogP contribution in [0, 0.1) is 14.9 Å². The van der Waals surface area contributed by atoms with Gasteiger partial charge in [0.1, 0.15) is 24.0 Å². The predicted molar refractivity (Wildman–Crippen MR) is 136 cm³/mol. The van der Waals surface area contributed by atoms with Crippen molar-refractivity contribution in [2.24, 2.45) is 0 Å². The zero-order chi connectivity index (χ0) is 22.4.